The van der Waals surface area contributed by atoms with Crippen LogP contribution in [-0.4, -0.2) is 33.8 Å². The zero-order chi connectivity index (χ0) is 12.3. The van der Waals surface area contributed by atoms with Crippen molar-refractivity contribution in [2.24, 2.45) is 0 Å². The summed E-state index contributed by atoms with van der Waals surface area (Å²) in [6.07, 6.45) is 0.428. The summed E-state index contributed by atoms with van der Waals surface area (Å²) in [6.45, 7) is 1.46. The van der Waals surface area contributed by atoms with Gasteiger partial charge in [0.25, 0.3) is 5.69 Å². The van der Waals surface area contributed by atoms with E-state index in [1.807, 2.05) is 0 Å². The van der Waals surface area contributed by atoms with Gasteiger partial charge in [0.15, 0.2) is 6.29 Å². The van der Waals surface area contributed by atoms with Crippen LogP contribution < -0.4 is 0 Å². The maximum absolute atomic E-state index is 10.7. The SMILES string of the molecule is CC(O)=[N+](C)c1ccc(C=O)c([N+](=O)[O-])c1. The zero-order valence-electron chi connectivity index (χ0n) is 8.88. The third kappa shape index (κ3) is 2.22. The monoisotopic (exact) mass is 223 g/mol. The molecule has 0 aliphatic carbocycles. The van der Waals surface area contributed by atoms with Gasteiger partial charge < -0.3 is 5.11 Å². The molecule has 0 heterocycles. The number of nitro groups is 1. The zero-order valence-corrected chi connectivity index (χ0v) is 8.88. The highest BCUT2D eigenvalue weighted by atomic mass is 16.6. The molecule has 0 aromatic heterocycles. The first-order chi connectivity index (χ1) is 7.47. The first kappa shape index (κ1) is 11.8. The lowest BCUT2D eigenvalue weighted by atomic mass is 10.2. The highest BCUT2D eigenvalue weighted by molar-refractivity contribution is 5.82. The van der Waals surface area contributed by atoms with Crippen molar-refractivity contribution in [2.75, 3.05) is 7.05 Å². The molecular formula is C10H11N2O4+. The molecule has 84 valence electrons. The summed E-state index contributed by atoms with van der Waals surface area (Å²) >= 11 is 0. The van der Waals surface area contributed by atoms with E-state index in [9.17, 15) is 20.0 Å². The Morgan fingerprint density at radius 2 is 2.12 bits per heavy atom. The maximum Gasteiger partial charge on any atom is 0.336 e. The summed E-state index contributed by atoms with van der Waals surface area (Å²) in [5.74, 6) is 0.00755. The van der Waals surface area contributed by atoms with Crippen LogP contribution in [0, 0.1) is 10.1 Å². The Morgan fingerprint density at radius 3 is 2.56 bits per heavy atom. The fourth-order valence-corrected chi connectivity index (χ4v) is 1.19. The van der Waals surface area contributed by atoms with Crippen LogP contribution in [0.25, 0.3) is 0 Å². The third-order valence-corrected chi connectivity index (χ3v) is 2.21. The van der Waals surface area contributed by atoms with Gasteiger partial charge in [0.2, 0.25) is 5.69 Å². The number of nitrogens with zero attached hydrogens (tertiary/aromatic N) is 2. The minimum absolute atomic E-state index is 0.00755. The number of aldehydes is 1. The number of hydrogen-bond donors (Lipinski definition) is 1. The van der Waals surface area contributed by atoms with Gasteiger partial charge in [-0.3, -0.25) is 14.9 Å². The molecule has 0 radical (unpaired) electrons. The van der Waals surface area contributed by atoms with Crippen LogP contribution in [0.2, 0.25) is 0 Å². The number of carbonyl (C=O) groups is 1. The van der Waals surface area contributed by atoms with Crippen molar-refractivity contribution < 1.29 is 19.4 Å². The Hall–Kier alpha value is -2.24. The molecule has 1 aromatic rings. The molecule has 0 amide bonds. The number of benzene rings is 1. The lowest BCUT2D eigenvalue weighted by Crippen LogP contribution is -2.08. The molecule has 1 aromatic carbocycles. The molecule has 16 heavy (non-hydrogen) atoms. The fraction of sp³-hybridized carbons (Fsp3) is 0.200. The first-order valence-electron chi connectivity index (χ1n) is 4.47. The van der Waals surface area contributed by atoms with Gasteiger partial charge in [-0.05, 0) is 6.07 Å². The predicted octanol–water partition coefficient (Wildman–Crippen LogP) is 1.66. The molecule has 0 saturated carbocycles. The second-order valence-corrected chi connectivity index (χ2v) is 3.22. The lowest BCUT2D eigenvalue weighted by Gasteiger charge is -1.99. The number of aliphatic hydroxyl groups excluding tert-OH is 1. The molecule has 6 heteroatoms. The number of nitro benzene ring substituents is 1. The summed E-state index contributed by atoms with van der Waals surface area (Å²) in [7, 11) is 1.56. The van der Waals surface area contributed by atoms with Crippen LogP contribution in [0.3, 0.4) is 0 Å². The van der Waals surface area contributed by atoms with Gasteiger partial charge in [0.05, 0.1) is 23.5 Å². The van der Waals surface area contributed by atoms with Crippen molar-refractivity contribution in [3.8, 4) is 0 Å². The van der Waals surface area contributed by atoms with E-state index in [1.54, 1.807) is 7.05 Å². The van der Waals surface area contributed by atoms with Crippen LogP contribution in [0.1, 0.15) is 17.3 Å². The predicted molar refractivity (Wildman–Crippen MR) is 57.6 cm³/mol. The summed E-state index contributed by atoms with van der Waals surface area (Å²) in [5, 5.41) is 19.9. The number of hydrogen-bond acceptors (Lipinski definition) is 3. The van der Waals surface area contributed by atoms with E-state index in [0.29, 0.717) is 12.0 Å². The molecule has 6 nitrogen and oxygen atoms in total. The van der Waals surface area contributed by atoms with Crippen molar-refractivity contribution in [3.63, 3.8) is 0 Å². The van der Waals surface area contributed by atoms with Gasteiger partial charge in [0.1, 0.15) is 7.05 Å². The quantitative estimate of drug-likeness (QED) is 0.211. The van der Waals surface area contributed by atoms with Gasteiger partial charge in [-0.2, -0.15) is 4.58 Å². The van der Waals surface area contributed by atoms with E-state index in [4.69, 9.17) is 0 Å². The molecule has 0 fully saturated rings. The smallest absolute Gasteiger partial charge is 0.336 e. The Balaban J connectivity index is 3.39. The van der Waals surface area contributed by atoms with E-state index in [0.717, 1.165) is 0 Å². The van der Waals surface area contributed by atoms with Crippen LogP contribution in [0.4, 0.5) is 11.4 Å². The second-order valence-electron chi connectivity index (χ2n) is 3.22. The molecule has 1 rings (SSSR count). The maximum atomic E-state index is 10.7. The van der Waals surface area contributed by atoms with Crippen LogP contribution in [0.15, 0.2) is 18.2 Å². The molecule has 1 N–H and O–H groups in total. The third-order valence-electron chi connectivity index (χ3n) is 2.21. The minimum atomic E-state index is -0.631. The van der Waals surface area contributed by atoms with Crippen LogP contribution in [0.5, 0.6) is 0 Å². The molecule has 0 unspecified atom stereocenters. The summed E-state index contributed by atoms with van der Waals surface area (Å²) < 4.78 is 1.38. The second kappa shape index (κ2) is 4.52. The van der Waals surface area contributed by atoms with E-state index in [2.05, 4.69) is 0 Å². The average Bonchev–Trinajstić information content (AvgIpc) is 2.26. The Kier molecular flexibility index (Phi) is 3.34. The van der Waals surface area contributed by atoms with Gasteiger partial charge >= 0.3 is 5.90 Å². The van der Waals surface area contributed by atoms with Gasteiger partial charge in [-0.15, -0.1) is 0 Å². The van der Waals surface area contributed by atoms with Crippen LogP contribution in [-0.2, 0) is 0 Å². The number of aliphatic hydroxyl groups is 1. The highest BCUT2D eigenvalue weighted by Crippen LogP contribution is 2.23. The Bertz CT molecular complexity index is 476. The minimum Gasteiger partial charge on any atom is -0.463 e. The van der Waals surface area contributed by atoms with Crippen molar-refractivity contribution in [1.82, 2.24) is 0 Å². The van der Waals surface area contributed by atoms with E-state index in [1.165, 1.54) is 29.7 Å². The van der Waals surface area contributed by atoms with Crippen molar-refractivity contribution >= 4 is 23.6 Å². The number of carbonyl (C=O) groups excluding carboxylic acids is 1. The van der Waals surface area contributed by atoms with E-state index < -0.39 is 4.92 Å². The molecule has 0 aliphatic rings. The summed E-state index contributed by atoms with van der Waals surface area (Å²) in [6, 6.07) is 4.11. The Labute approximate surface area is 91.6 Å². The summed E-state index contributed by atoms with van der Waals surface area (Å²) in [4.78, 5) is 20.6. The topological polar surface area (TPSA) is 83.5 Å². The van der Waals surface area contributed by atoms with Gasteiger partial charge in [-0.1, -0.05) is 0 Å². The molecule has 0 spiro atoms. The lowest BCUT2D eigenvalue weighted by molar-refractivity contribution is -0.417. The standard InChI is InChI=1S/C10H10N2O4/c1-7(14)11(2)9-4-3-8(6-13)10(5-9)12(15)16/h3-6H,1-2H3/p+1. The molecule has 0 bridgehead atoms. The van der Waals surface area contributed by atoms with Crippen molar-refractivity contribution in [1.29, 1.82) is 0 Å². The highest BCUT2D eigenvalue weighted by Gasteiger charge is 2.18. The van der Waals surface area contributed by atoms with Gasteiger partial charge in [-0.25, -0.2) is 0 Å². The van der Waals surface area contributed by atoms with Gasteiger partial charge in [0, 0.05) is 6.07 Å². The fourth-order valence-electron chi connectivity index (χ4n) is 1.19. The van der Waals surface area contributed by atoms with Crippen molar-refractivity contribution in [3.05, 3.63) is 33.9 Å². The number of rotatable bonds is 3. The molecule has 0 aliphatic heterocycles. The van der Waals surface area contributed by atoms with E-state index >= 15 is 0 Å². The van der Waals surface area contributed by atoms with Crippen molar-refractivity contribution in [2.45, 2.75) is 6.92 Å². The van der Waals surface area contributed by atoms with E-state index in [-0.39, 0.29) is 17.1 Å². The van der Waals surface area contributed by atoms with Crippen LogP contribution >= 0.6 is 0 Å². The summed E-state index contributed by atoms with van der Waals surface area (Å²) in [5.41, 5.74) is 0.177. The first-order valence-corrected chi connectivity index (χ1v) is 4.47. The molecule has 0 saturated heterocycles. The molecular weight excluding hydrogens is 212 g/mol. The normalized spacial score (nSPS) is 11.9. The average molecular weight is 223 g/mol. The largest absolute Gasteiger partial charge is 0.463 e. The molecule has 0 atom stereocenters. The Morgan fingerprint density at radius 1 is 1.50 bits per heavy atom.